The second kappa shape index (κ2) is 14.7. The lowest BCUT2D eigenvalue weighted by Crippen LogP contribution is -2.29. The summed E-state index contributed by atoms with van der Waals surface area (Å²) < 4.78 is 22.6. The highest BCUT2D eigenvalue weighted by molar-refractivity contribution is 7.17. The molecule has 1 fully saturated rings. The van der Waals surface area contributed by atoms with Gasteiger partial charge in [-0.25, -0.2) is 9.78 Å². The summed E-state index contributed by atoms with van der Waals surface area (Å²) in [6.07, 6.45) is 0. The van der Waals surface area contributed by atoms with E-state index in [-0.39, 0.29) is 27.9 Å². The third-order valence-corrected chi connectivity index (χ3v) is 9.47. The molecule has 1 saturated heterocycles. The van der Waals surface area contributed by atoms with E-state index >= 15 is 0 Å². The second-order valence-electron chi connectivity index (χ2n) is 11.5. The molecular formula is C39H34N2O8S. The van der Waals surface area contributed by atoms with Gasteiger partial charge in [0, 0.05) is 5.56 Å². The number of thiazole rings is 1. The fraction of sp³-hybridized carbons (Fsp3) is 0.179. The number of carbonyl (C=O) groups excluding carboxylic acids is 3. The van der Waals surface area contributed by atoms with Gasteiger partial charge in [0.05, 0.1) is 31.5 Å². The van der Waals surface area contributed by atoms with Gasteiger partial charge >= 0.3 is 11.9 Å². The Balaban J connectivity index is 1.39. The van der Waals surface area contributed by atoms with Gasteiger partial charge in [-0.15, -0.1) is 0 Å². The van der Waals surface area contributed by atoms with E-state index in [0.29, 0.717) is 40.7 Å². The van der Waals surface area contributed by atoms with Crippen LogP contribution in [0.2, 0.25) is 0 Å². The predicted molar refractivity (Wildman–Crippen MR) is 189 cm³/mol. The van der Waals surface area contributed by atoms with Crippen LogP contribution in [-0.2, 0) is 27.5 Å². The number of hydrogen-bond acceptors (Lipinski definition) is 10. The molecule has 1 aromatic heterocycles. The summed E-state index contributed by atoms with van der Waals surface area (Å²) in [4.78, 5) is 45.9. The predicted octanol–water partition coefficient (Wildman–Crippen LogP) is 7.34. The molecule has 1 aliphatic heterocycles. The van der Waals surface area contributed by atoms with Crippen LogP contribution in [0.15, 0.2) is 103 Å². The number of aliphatic hydroxyl groups excluding tert-OH is 1. The van der Waals surface area contributed by atoms with Crippen LogP contribution >= 0.6 is 11.3 Å². The minimum absolute atomic E-state index is 0.0948. The van der Waals surface area contributed by atoms with E-state index in [0.717, 1.165) is 28.0 Å². The first-order valence-corrected chi connectivity index (χ1v) is 16.5. The SMILES string of the molecule is COC(=O)c1sc(N2C(=O)C(=O)C(=C(O)c3ccc(OCc4ccccc4C)cc3)C2c2ccc(OCc3ccccc3)c(OC)c2)nc1C. The van der Waals surface area contributed by atoms with Crippen molar-refractivity contribution in [3.05, 3.63) is 141 Å². The van der Waals surface area contributed by atoms with Gasteiger partial charge in [-0.2, -0.15) is 0 Å². The van der Waals surface area contributed by atoms with E-state index in [4.69, 9.17) is 18.9 Å². The number of nitrogens with zero attached hydrogens (tertiary/aromatic N) is 2. The molecule has 254 valence electrons. The largest absolute Gasteiger partial charge is 0.507 e. The van der Waals surface area contributed by atoms with Crippen molar-refractivity contribution in [2.75, 3.05) is 19.1 Å². The normalized spacial score (nSPS) is 15.2. The quantitative estimate of drug-likeness (QED) is 0.0656. The minimum Gasteiger partial charge on any atom is -0.507 e. The smallest absolute Gasteiger partial charge is 0.350 e. The van der Waals surface area contributed by atoms with E-state index in [1.807, 2.05) is 61.5 Å². The van der Waals surface area contributed by atoms with Crippen molar-refractivity contribution in [1.82, 2.24) is 4.98 Å². The monoisotopic (exact) mass is 690 g/mol. The summed E-state index contributed by atoms with van der Waals surface area (Å²) in [6.45, 7) is 4.27. The summed E-state index contributed by atoms with van der Waals surface area (Å²) in [7, 11) is 2.74. The van der Waals surface area contributed by atoms with Gasteiger partial charge < -0.3 is 24.1 Å². The molecule has 0 saturated carbocycles. The Kier molecular flexibility index (Phi) is 9.96. The molecule has 5 aromatic rings. The molecular weight excluding hydrogens is 657 g/mol. The van der Waals surface area contributed by atoms with Crippen LogP contribution in [0.4, 0.5) is 5.13 Å². The van der Waals surface area contributed by atoms with Gasteiger partial charge in [-0.3, -0.25) is 14.5 Å². The first-order chi connectivity index (χ1) is 24.2. The minimum atomic E-state index is -1.12. The lowest BCUT2D eigenvalue weighted by molar-refractivity contribution is -0.132. The first kappa shape index (κ1) is 33.9. The molecule has 1 unspecified atom stereocenters. The number of hydrogen-bond donors (Lipinski definition) is 1. The standard InChI is InChI=1S/C39H34N2O8S/c1-23-10-8-9-13-28(23)22-48-29-17-14-26(15-18-29)34(42)32-33(41(37(44)35(32)43)39-40-24(2)36(50-39)38(45)47-4)27-16-19-30(31(20-27)46-3)49-21-25-11-6-5-7-12-25/h5-20,33,42H,21-22H2,1-4H3. The Morgan fingerprint density at radius 1 is 0.860 bits per heavy atom. The zero-order chi connectivity index (χ0) is 35.4. The molecule has 1 atom stereocenters. The van der Waals surface area contributed by atoms with E-state index in [1.54, 1.807) is 49.4 Å². The number of anilines is 1. The lowest BCUT2D eigenvalue weighted by atomic mass is 9.95. The molecule has 2 heterocycles. The molecule has 0 spiro atoms. The van der Waals surface area contributed by atoms with Crippen LogP contribution in [0.3, 0.4) is 0 Å². The average molecular weight is 691 g/mol. The number of ketones is 1. The highest BCUT2D eigenvalue weighted by Gasteiger charge is 2.48. The van der Waals surface area contributed by atoms with Gasteiger partial charge in [0.25, 0.3) is 5.78 Å². The van der Waals surface area contributed by atoms with Crippen molar-refractivity contribution >= 4 is 39.9 Å². The van der Waals surface area contributed by atoms with Crippen molar-refractivity contribution < 1.29 is 38.4 Å². The van der Waals surface area contributed by atoms with E-state index in [2.05, 4.69) is 4.98 Å². The van der Waals surface area contributed by atoms with Crippen LogP contribution in [0.5, 0.6) is 17.2 Å². The fourth-order valence-electron chi connectivity index (χ4n) is 5.62. The molecule has 0 radical (unpaired) electrons. The fourth-order valence-corrected chi connectivity index (χ4v) is 6.63. The third-order valence-electron chi connectivity index (χ3n) is 8.33. The van der Waals surface area contributed by atoms with E-state index in [1.165, 1.54) is 19.1 Å². The summed E-state index contributed by atoms with van der Waals surface area (Å²) in [6, 6.07) is 28.1. The number of esters is 1. The topological polar surface area (TPSA) is 124 Å². The highest BCUT2D eigenvalue weighted by atomic mass is 32.1. The van der Waals surface area contributed by atoms with Crippen LogP contribution in [0.25, 0.3) is 5.76 Å². The number of carbonyl (C=O) groups is 3. The number of Topliss-reactive ketones (excluding diaryl/α,β-unsaturated/α-hetero) is 1. The van der Waals surface area contributed by atoms with Crippen molar-refractivity contribution in [3.63, 3.8) is 0 Å². The molecule has 6 rings (SSSR count). The summed E-state index contributed by atoms with van der Waals surface area (Å²) in [5, 5.41) is 11.8. The molecule has 50 heavy (non-hydrogen) atoms. The molecule has 1 N–H and O–H groups in total. The molecule has 1 amide bonds. The average Bonchev–Trinajstić information content (AvgIpc) is 3.65. The lowest BCUT2D eigenvalue weighted by Gasteiger charge is -2.24. The van der Waals surface area contributed by atoms with Crippen LogP contribution < -0.4 is 19.1 Å². The number of aryl methyl sites for hydroxylation is 2. The molecule has 10 nitrogen and oxygen atoms in total. The number of aromatic nitrogens is 1. The highest BCUT2D eigenvalue weighted by Crippen LogP contribution is 2.45. The maximum absolute atomic E-state index is 13.8. The van der Waals surface area contributed by atoms with E-state index < -0.39 is 23.7 Å². The van der Waals surface area contributed by atoms with Crippen LogP contribution in [0.1, 0.15) is 49.2 Å². The van der Waals surface area contributed by atoms with Crippen molar-refractivity contribution in [1.29, 1.82) is 0 Å². The van der Waals surface area contributed by atoms with Gasteiger partial charge in [0.2, 0.25) is 0 Å². The summed E-state index contributed by atoms with van der Waals surface area (Å²) >= 11 is 0.919. The number of aliphatic hydroxyl groups is 1. The van der Waals surface area contributed by atoms with Crippen molar-refractivity contribution in [2.45, 2.75) is 33.1 Å². The summed E-state index contributed by atoms with van der Waals surface area (Å²) in [5.74, 6) is -1.48. The van der Waals surface area contributed by atoms with Gasteiger partial charge in [-0.1, -0.05) is 72.0 Å². The number of ether oxygens (including phenoxy) is 4. The molecule has 1 aliphatic rings. The van der Waals surface area contributed by atoms with Gasteiger partial charge in [-0.05, 0) is 72.5 Å². The number of benzene rings is 4. The Labute approximate surface area is 293 Å². The zero-order valence-corrected chi connectivity index (χ0v) is 28.7. The maximum atomic E-state index is 13.8. The van der Waals surface area contributed by atoms with Gasteiger partial charge in [0.15, 0.2) is 16.6 Å². The Hall–Kier alpha value is -5.94. The number of methoxy groups -OCH3 is 2. The molecule has 11 heteroatoms. The Bertz CT molecular complexity index is 2090. The van der Waals surface area contributed by atoms with Crippen LogP contribution in [0, 0.1) is 13.8 Å². The Morgan fingerprint density at radius 3 is 2.28 bits per heavy atom. The first-order valence-electron chi connectivity index (χ1n) is 15.7. The van der Waals surface area contributed by atoms with Crippen molar-refractivity contribution in [3.8, 4) is 17.2 Å². The van der Waals surface area contributed by atoms with Gasteiger partial charge in [0.1, 0.15) is 29.6 Å². The Morgan fingerprint density at radius 2 is 1.58 bits per heavy atom. The second-order valence-corrected chi connectivity index (χ2v) is 12.5. The van der Waals surface area contributed by atoms with Crippen molar-refractivity contribution in [2.24, 2.45) is 0 Å². The number of amides is 1. The van der Waals surface area contributed by atoms with Crippen LogP contribution in [-0.4, -0.2) is 42.0 Å². The molecule has 0 aliphatic carbocycles. The zero-order valence-electron chi connectivity index (χ0n) is 27.8. The summed E-state index contributed by atoms with van der Waals surface area (Å²) in [5.41, 5.74) is 4.03. The molecule has 4 aromatic carbocycles. The molecule has 0 bridgehead atoms. The maximum Gasteiger partial charge on any atom is 0.350 e. The third kappa shape index (κ3) is 6.81. The van der Waals surface area contributed by atoms with E-state index in [9.17, 15) is 19.5 Å². The number of rotatable bonds is 11.